The van der Waals surface area contributed by atoms with Gasteiger partial charge in [-0.05, 0) is 18.1 Å². The number of halogens is 1. The van der Waals surface area contributed by atoms with Crippen LogP contribution >= 0.6 is 0 Å². The van der Waals surface area contributed by atoms with Gasteiger partial charge in [0.15, 0.2) is 0 Å². The minimum atomic E-state index is -0.289. The Hall–Kier alpha value is -2.54. The van der Waals surface area contributed by atoms with E-state index in [4.69, 9.17) is 4.74 Å². The summed E-state index contributed by atoms with van der Waals surface area (Å²) in [4.78, 5) is 22.5. The number of nitrogens with zero attached hydrogens (tertiary/aromatic N) is 3. The number of benzene rings is 1. The Morgan fingerprint density at radius 2 is 2.04 bits per heavy atom. The molecule has 24 heavy (non-hydrogen) atoms. The van der Waals surface area contributed by atoms with Crippen LogP contribution in [0.3, 0.4) is 0 Å². The number of ether oxygens (including phenoxy) is 1. The van der Waals surface area contributed by atoms with Gasteiger partial charge < -0.3 is 15.0 Å². The second-order valence-corrected chi connectivity index (χ2v) is 5.46. The number of nitrogens with one attached hydrogen (secondary N) is 1. The Balaban J connectivity index is 1.57. The number of anilines is 1. The van der Waals surface area contributed by atoms with Crippen molar-refractivity contribution in [1.29, 1.82) is 0 Å². The number of hydrogen-bond donors (Lipinski definition) is 1. The Kier molecular flexibility index (Phi) is 5.32. The number of morpholine rings is 1. The van der Waals surface area contributed by atoms with Crippen LogP contribution in [0.15, 0.2) is 36.7 Å². The van der Waals surface area contributed by atoms with E-state index in [1.165, 1.54) is 12.4 Å². The molecule has 1 amide bonds. The third-order valence-electron chi connectivity index (χ3n) is 3.86. The largest absolute Gasteiger partial charge is 0.378 e. The van der Waals surface area contributed by atoms with Gasteiger partial charge in [0.2, 0.25) is 0 Å². The van der Waals surface area contributed by atoms with E-state index in [0.717, 1.165) is 13.1 Å². The van der Waals surface area contributed by atoms with Crippen LogP contribution in [0.1, 0.15) is 16.1 Å². The minimum Gasteiger partial charge on any atom is -0.378 e. The van der Waals surface area contributed by atoms with Crippen molar-refractivity contribution in [2.45, 2.75) is 6.42 Å². The van der Waals surface area contributed by atoms with Gasteiger partial charge in [-0.1, -0.05) is 18.2 Å². The van der Waals surface area contributed by atoms with Crippen LogP contribution in [0, 0.1) is 5.82 Å². The maximum absolute atomic E-state index is 13.5. The average Bonchev–Trinajstić information content (AvgIpc) is 2.64. The van der Waals surface area contributed by atoms with Crippen molar-refractivity contribution in [3.63, 3.8) is 0 Å². The highest BCUT2D eigenvalue weighted by Gasteiger charge is 2.15. The number of aromatic nitrogens is 2. The smallest absolute Gasteiger partial charge is 0.270 e. The molecule has 0 bridgehead atoms. The fourth-order valence-electron chi connectivity index (χ4n) is 2.54. The molecule has 1 aliphatic rings. The van der Waals surface area contributed by atoms with Crippen molar-refractivity contribution >= 4 is 11.7 Å². The van der Waals surface area contributed by atoms with Crippen LogP contribution in [-0.2, 0) is 11.2 Å². The molecule has 2 heterocycles. The van der Waals surface area contributed by atoms with Crippen molar-refractivity contribution in [2.75, 3.05) is 37.7 Å². The Labute approximate surface area is 139 Å². The van der Waals surface area contributed by atoms with Gasteiger partial charge in [0.25, 0.3) is 5.91 Å². The lowest BCUT2D eigenvalue weighted by Crippen LogP contribution is -2.37. The number of rotatable bonds is 5. The van der Waals surface area contributed by atoms with Gasteiger partial charge in [0, 0.05) is 25.7 Å². The predicted octanol–water partition coefficient (Wildman–Crippen LogP) is 1.42. The molecule has 1 aromatic carbocycles. The zero-order chi connectivity index (χ0) is 16.8. The van der Waals surface area contributed by atoms with Crippen molar-refractivity contribution in [2.24, 2.45) is 0 Å². The lowest BCUT2D eigenvalue weighted by molar-refractivity contribution is 0.0949. The molecular formula is C17H19FN4O2. The van der Waals surface area contributed by atoms with Crippen LogP contribution in [0.2, 0.25) is 0 Å². The topological polar surface area (TPSA) is 67.4 Å². The highest BCUT2D eigenvalue weighted by atomic mass is 19.1. The molecule has 6 nitrogen and oxygen atoms in total. The number of hydrogen-bond acceptors (Lipinski definition) is 5. The van der Waals surface area contributed by atoms with Gasteiger partial charge in [-0.15, -0.1) is 0 Å². The fourth-order valence-corrected chi connectivity index (χ4v) is 2.54. The van der Waals surface area contributed by atoms with Crippen LogP contribution in [-0.4, -0.2) is 48.7 Å². The molecular weight excluding hydrogens is 311 g/mol. The third kappa shape index (κ3) is 4.05. The van der Waals surface area contributed by atoms with Gasteiger partial charge in [0.1, 0.15) is 23.7 Å². The van der Waals surface area contributed by atoms with Crippen LogP contribution < -0.4 is 10.2 Å². The third-order valence-corrected chi connectivity index (χ3v) is 3.86. The van der Waals surface area contributed by atoms with Gasteiger partial charge in [0.05, 0.1) is 13.2 Å². The first kappa shape index (κ1) is 16.3. The van der Waals surface area contributed by atoms with Crippen molar-refractivity contribution < 1.29 is 13.9 Å². The van der Waals surface area contributed by atoms with Crippen molar-refractivity contribution in [3.05, 3.63) is 53.7 Å². The Morgan fingerprint density at radius 3 is 2.83 bits per heavy atom. The molecule has 0 unspecified atom stereocenters. The zero-order valence-corrected chi connectivity index (χ0v) is 13.2. The first-order valence-corrected chi connectivity index (χ1v) is 7.90. The second kappa shape index (κ2) is 7.83. The van der Waals surface area contributed by atoms with Crippen LogP contribution in [0.4, 0.5) is 10.2 Å². The van der Waals surface area contributed by atoms with Crippen LogP contribution in [0.5, 0.6) is 0 Å². The predicted molar refractivity (Wildman–Crippen MR) is 87.5 cm³/mol. The van der Waals surface area contributed by atoms with Crippen LogP contribution in [0.25, 0.3) is 0 Å². The lowest BCUT2D eigenvalue weighted by Gasteiger charge is -2.27. The quantitative estimate of drug-likeness (QED) is 0.898. The van der Waals surface area contributed by atoms with Gasteiger partial charge >= 0.3 is 0 Å². The summed E-state index contributed by atoms with van der Waals surface area (Å²) < 4.78 is 18.9. The normalized spacial score (nSPS) is 14.5. The SMILES string of the molecule is O=C(NCCc1ccccc1F)c1cc(N2CCOCC2)ncn1. The summed E-state index contributed by atoms with van der Waals surface area (Å²) >= 11 is 0. The van der Waals surface area contributed by atoms with Crippen molar-refractivity contribution in [3.8, 4) is 0 Å². The van der Waals surface area contributed by atoms with E-state index in [9.17, 15) is 9.18 Å². The molecule has 0 radical (unpaired) electrons. The highest BCUT2D eigenvalue weighted by Crippen LogP contribution is 2.13. The maximum atomic E-state index is 13.5. The Morgan fingerprint density at radius 1 is 1.25 bits per heavy atom. The molecule has 126 valence electrons. The molecule has 1 saturated heterocycles. The minimum absolute atomic E-state index is 0.261. The summed E-state index contributed by atoms with van der Waals surface area (Å²) in [7, 11) is 0. The number of amides is 1. The maximum Gasteiger partial charge on any atom is 0.270 e. The molecule has 0 aliphatic carbocycles. The summed E-state index contributed by atoms with van der Waals surface area (Å²) in [5.74, 6) is 0.166. The standard InChI is InChI=1S/C17H19FN4O2/c18-14-4-2-1-3-13(14)5-6-19-17(23)15-11-16(21-12-20-15)22-7-9-24-10-8-22/h1-4,11-12H,5-10H2,(H,19,23). The first-order valence-electron chi connectivity index (χ1n) is 7.90. The fraction of sp³-hybridized carbons (Fsp3) is 0.353. The van der Waals surface area contributed by atoms with E-state index >= 15 is 0 Å². The summed E-state index contributed by atoms with van der Waals surface area (Å²) in [5.41, 5.74) is 0.884. The highest BCUT2D eigenvalue weighted by molar-refractivity contribution is 5.92. The molecule has 0 saturated carbocycles. The molecule has 1 aromatic heterocycles. The molecule has 1 N–H and O–H groups in total. The molecule has 7 heteroatoms. The number of carbonyl (C=O) groups is 1. The monoisotopic (exact) mass is 330 g/mol. The molecule has 0 atom stereocenters. The van der Waals surface area contributed by atoms with Gasteiger partial charge in [-0.3, -0.25) is 4.79 Å². The summed E-state index contributed by atoms with van der Waals surface area (Å²) in [6.45, 7) is 3.12. The van der Waals surface area contributed by atoms with Crippen molar-refractivity contribution in [1.82, 2.24) is 15.3 Å². The van der Waals surface area contributed by atoms with E-state index < -0.39 is 0 Å². The Bertz CT molecular complexity index is 704. The van der Waals surface area contributed by atoms with E-state index in [-0.39, 0.29) is 11.7 Å². The van der Waals surface area contributed by atoms with Gasteiger partial charge in [-0.25, -0.2) is 14.4 Å². The van der Waals surface area contributed by atoms with Gasteiger partial charge in [-0.2, -0.15) is 0 Å². The van der Waals surface area contributed by atoms with E-state index in [1.54, 1.807) is 24.3 Å². The zero-order valence-electron chi connectivity index (χ0n) is 13.2. The average molecular weight is 330 g/mol. The summed E-state index contributed by atoms with van der Waals surface area (Å²) in [6.07, 6.45) is 1.82. The second-order valence-electron chi connectivity index (χ2n) is 5.46. The number of carbonyl (C=O) groups excluding carboxylic acids is 1. The summed E-state index contributed by atoms with van der Waals surface area (Å²) in [6, 6.07) is 8.22. The van der Waals surface area contributed by atoms with E-state index in [1.807, 2.05) is 0 Å². The molecule has 2 aromatic rings. The molecule has 1 fully saturated rings. The molecule has 0 spiro atoms. The van der Waals surface area contributed by atoms with E-state index in [0.29, 0.717) is 43.3 Å². The molecule has 3 rings (SSSR count). The summed E-state index contributed by atoms with van der Waals surface area (Å²) in [5, 5.41) is 2.77. The molecule has 1 aliphatic heterocycles. The lowest BCUT2D eigenvalue weighted by atomic mass is 10.1. The van der Waals surface area contributed by atoms with E-state index in [2.05, 4.69) is 20.2 Å². The first-order chi connectivity index (χ1) is 11.7.